The van der Waals surface area contributed by atoms with Gasteiger partial charge >= 0.3 is 0 Å². The number of nitrogens with zero attached hydrogens (tertiary/aromatic N) is 2. The molecular formula is C11H19N3O2. The molecule has 0 bridgehead atoms. The molecule has 1 aromatic heterocycles. The van der Waals surface area contributed by atoms with Gasteiger partial charge in [0.25, 0.3) is 0 Å². The van der Waals surface area contributed by atoms with E-state index in [0.717, 1.165) is 37.7 Å². The molecule has 5 nitrogen and oxygen atoms in total. The molecule has 0 unspecified atom stereocenters. The zero-order chi connectivity index (χ0) is 11.4. The lowest BCUT2D eigenvalue weighted by Crippen LogP contribution is -2.44. The van der Waals surface area contributed by atoms with Crippen molar-refractivity contribution in [2.45, 2.75) is 19.6 Å². The highest BCUT2D eigenvalue weighted by atomic mass is 16.5. The van der Waals surface area contributed by atoms with Crippen molar-refractivity contribution in [2.75, 3.05) is 33.3 Å². The van der Waals surface area contributed by atoms with Crippen LogP contribution < -0.4 is 5.32 Å². The molecule has 1 N–H and O–H groups in total. The monoisotopic (exact) mass is 225 g/mol. The van der Waals surface area contributed by atoms with Gasteiger partial charge in [0.2, 0.25) is 0 Å². The lowest BCUT2D eigenvalue weighted by molar-refractivity contribution is -0.0184. The van der Waals surface area contributed by atoms with Crippen LogP contribution in [0.1, 0.15) is 11.5 Å². The quantitative estimate of drug-likeness (QED) is 0.804. The Morgan fingerprint density at radius 2 is 2.50 bits per heavy atom. The van der Waals surface area contributed by atoms with Gasteiger partial charge in [-0.3, -0.25) is 0 Å². The third-order valence-corrected chi connectivity index (χ3v) is 2.69. The van der Waals surface area contributed by atoms with E-state index in [1.807, 2.05) is 13.0 Å². The second-order valence-corrected chi connectivity index (χ2v) is 4.32. The average Bonchev–Trinajstić information content (AvgIpc) is 2.64. The minimum Gasteiger partial charge on any atom is -0.374 e. The summed E-state index contributed by atoms with van der Waals surface area (Å²) in [7, 11) is 2.12. The van der Waals surface area contributed by atoms with Gasteiger partial charge in [-0.25, -0.2) is 0 Å². The molecule has 1 aliphatic heterocycles. The summed E-state index contributed by atoms with van der Waals surface area (Å²) >= 11 is 0. The summed E-state index contributed by atoms with van der Waals surface area (Å²) < 4.78 is 10.8. The van der Waals surface area contributed by atoms with Gasteiger partial charge < -0.3 is 19.5 Å². The van der Waals surface area contributed by atoms with Gasteiger partial charge in [0.1, 0.15) is 0 Å². The number of aryl methyl sites for hydroxylation is 1. The van der Waals surface area contributed by atoms with Gasteiger partial charge in [0, 0.05) is 25.7 Å². The lowest BCUT2D eigenvalue weighted by atomic mass is 10.3. The molecule has 0 aliphatic carbocycles. The minimum atomic E-state index is 0.280. The topological polar surface area (TPSA) is 50.5 Å². The molecule has 0 amide bonds. The van der Waals surface area contributed by atoms with Crippen molar-refractivity contribution in [1.29, 1.82) is 0 Å². The van der Waals surface area contributed by atoms with Crippen molar-refractivity contribution in [2.24, 2.45) is 0 Å². The molecule has 16 heavy (non-hydrogen) atoms. The second-order valence-electron chi connectivity index (χ2n) is 4.32. The van der Waals surface area contributed by atoms with Crippen LogP contribution in [0, 0.1) is 6.92 Å². The zero-order valence-corrected chi connectivity index (χ0v) is 9.90. The van der Waals surface area contributed by atoms with Gasteiger partial charge in [-0.05, 0) is 14.0 Å². The van der Waals surface area contributed by atoms with Crippen LogP contribution in [0.3, 0.4) is 0 Å². The molecule has 2 rings (SSSR count). The average molecular weight is 225 g/mol. The Bertz CT molecular complexity index is 327. The maximum Gasteiger partial charge on any atom is 0.150 e. The largest absolute Gasteiger partial charge is 0.374 e. The van der Waals surface area contributed by atoms with E-state index in [4.69, 9.17) is 9.26 Å². The number of hydrogen-bond donors (Lipinski definition) is 1. The van der Waals surface area contributed by atoms with E-state index >= 15 is 0 Å². The fourth-order valence-corrected chi connectivity index (χ4v) is 1.85. The molecule has 90 valence electrons. The summed E-state index contributed by atoms with van der Waals surface area (Å²) in [6.45, 7) is 6.32. The number of hydrogen-bond acceptors (Lipinski definition) is 5. The smallest absolute Gasteiger partial charge is 0.150 e. The van der Waals surface area contributed by atoms with Gasteiger partial charge in [0.05, 0.1) is 24.9 Å². The fourth-order valence-electron chi connectivity index (χ4n) is 1.85. The van der Waals surface area contributed by atoms with Crippen LogP contribution in [0.4, 0.5) is 0 Å². The molecule has 0 aromatic carbocycles. The summed E-state index contributed by atoms with van der Waals surface area (Å²) in [5.74, 6) is 0.877. The number of rotatable bonds is 4. The summed E-state index contributed by atoms with van der Waals surface area (Å²) in [6.07, 6.45) is 0.280. The predicted molar refractivity (Wildman–Crippen MR) is 60.2 cm³/mol. The summed E-state index contributed by atoms with van der Waals surface area (Å²) in [5.41, 5.74) is 0.922. The van der Waals surface area contributed by atoms with Crippen LogP contribution in [0.25, 0.3) is 0 Å². The van der Waals surface area contributed by atoms with Crippen molar-refractivity contribution in [3.63, 3.8) is 0 Å². The van der Waals surface area contributed by atoms with Crippen molar-refractivity contribution >= 4 is 0 Å². The summed E-state index contributed by atoms with van der Waals surface area (Å²) in [6, 6.07) is 1.95. The van der Waals surface area contributed by atoms with Crippen LogP contribution in [0.15, 0.2) is 10.6 Å². The number of nitrogens with one attached hydrogen (secondary N) is 1. The first-order valence-electron chi connectivity index (χ1n) is 5.67. The zero-order valence-electron chi connectivity index (χ0n) is 9.90. The van der Waals surface area contributed by atoms with E-state index in [2.05, 4.69) is 22.4 Å². The van der Waals surface area contributed by atoms with E-state index in [1.54, 1.807) is 0 Å². The number of morpholine rings is 1. The maximum atomic E-state index is 5.64. The highest BCUT2D eigenvalue weighted by Crippen LogP contribution is 2.04. The Morgan fingerprint density at radius 1 is 1.62 bits per heavy atom. The van der Waals surface area contributed by atoms with E-state index in [1.165, 1.54) is 0 Å². The molecule has 0 saturated carbocycles. The first-order chi connectivity index (χ1) is 7.74. The summed E-state index contributed by atoms with van der Waals surface area (Å²) in [4.78, 5) is 2.29. The summed E-state index contributed by atoms with van der Waals surface area (Å²) in [5, 5.41) is 7.16. The van der Waals surface area contributed by atoms with E-state index < -0.39 is 0 Å². The molecule has 1 aliphatic rings. The highest BCUT2D eigenvalue weighted by Gasteiger charge is 2.17. The van der Waals surface area contributed by atoms with E-state index in [-0.39, 0.29) is 6.10 Å². The van der Waals surface area contributed by atoms with Crippen molar-refractivity contribution in [3.05, 3.63) is 17.5 Å². The van der Waals surface area contributed by atoms with Crippen LogP contribution in [-0.2, 0) is 11.3 Å². The fraction of sp³-hybridized carbons (Fsp3) is 0.727. The Labute approximate surface area is 95.7 Å². The molecule has 1 aromatic rings. The predicted octanol–water partition coefficient (Wildman–Crippen LogP) is 0.403. The van der Waals surface area contributed by atoms with Crippen molar-refractivity contribution in [3.8, 4) is 0 Å². The van der Waals surface area contributed by atoms with Gasteiger partial charge in [-0.2, -0.15) is 0 Å². The first-order valence-corrected chi connectivity index (χ1v) is 5.67. The molecular weight excluding hydrogens is 206 g/mol. The third-order valence-electron chi connectivity index (χ3n) is 2.69. The molecule has 0 spiro atoms. The van der Waals surface area contributed by atoms with Gasteiger partial charge in [-0.15, -0.1) is 0 Å². The number of aromatic nitrogens is 1. The third kappa shape index (κ3) is 3.30. The van der Waals surface area contributed by atoms with E-state index in [9.17, 15) is 0 Å². The maximum absolute atomic E-state index is 5.64. The normalized spacial score (nSPS) is 22.5. The van der Waals surface area contributed by atoms with E-state index in [0.29, 0.717) is 6.54 Å². The molecule has 0 radical (unpaired) electrons. The van der Waals surface area contributed by atoms with Crippen LogP contribution in [0.2, 0.25) is 0 Å². The standard InChI is InChI=1S/C11H19N3O2/c1-9-5-10(16-13-9)6-12-7-11-8-14(2)3-4-15-11/h5,11-12H,3-4,6-8H2,1-2H3/t11-/m1/s1. The molecule has 2 heterocycles. The van der Waals surface area contributed by atoms with Gasteiger partial charge in [-0.1, -0.05) is 5.16 Å². The minimum absolute atomic E-state index is 0.280. The highest BCUT2D eigenvalue weighted by molar-refractivity contribution is 5.02. The molecule has 1 saturated heterocycles. The SMILES string of the molecule is Cc1cc(CNC[C@@H]2CN(C)CCO2)on1. The van der Waals surface area contributed by atoms with Gasteiger partial charge in [0.15, 0.2) is 5.76 Å². The Morgan fingerprint density at radius 3 is 3.19 bits per heavy atom. The molecule has 1 atom stereocenters. The van der Waals surface area contributed by atoms with Crippen LogP contribution >= 0.6 is 0 Å². The van der Waals surface area contributed by atoms with Crippen molar-refractivity contribution < 1.29 is 9.26 Å². The first kappa shape index (κ1) is 11.6. The second kappa shape index (κ2) is 5.43. The number of likely N-dealkylation sites (N-methyl/N-ethyl adjacent to an activating group) is 1. The Balaban J connectivity index is 1.67. The number of ether oxygens (including phenoxy) is 1. The molecule has 5 heteroatoms. The van der Waals surface area contributed by atoms with Crippen LogP contribution in [0.5, 0.6) is 0 Å². The molecule has 1 fully saturated rings. The lowest BCUT2D eigenvalue weighted by Gasteiger charge is -2.30. The Kier molecular flexibility index (Phi) is 3.93. The Hall–Kier alpha value is -0.910. The van der Waals surface area contributed by atoms with Crippen LogP contribution in [-0.4, -0.2) is 49.4 Å². The van der Waals surface area contributed by atoms with Crippen molar-refractivity contribution in [1.82, 2.24) is 15.4 Å².